The van der Waals surface area contributed by atoms with Gasteiger partial charge in [-0.25, -0.2) is 9.37 Å². The van der Waals surface area contributed by atoms with Gasteiger partial charge in [-0.15, -0.1) is 0 Å². The van der Waals surface area contributed by atoms with E-state index in [0.717, 1.165) is 12.1 Å². The summed E-state index contributed by atoms with van der Waals surface area (Å²) in [6, 6.07) is 2.25. The van der Waals surface area contributed by atoms with Crippen molar-refractivity contribution < 1.29 is 17.6 Å². The molecule has 0 saturated heterocycles. The Labute approximate surface area is 115 Å². The van der Waals surface area contributed by atoms with Crippen molar-refractivity contribution in [2.24, 2.45) is 0 Å². The van der Waals surface area contributed by atoms with Crippen molar-refractivity contribution in [3.8, 4) is 11.4 Å². The quantitative estimate of drug-likeness (QED) is 0.794. The van der Waals surface area contributed by atoms with Crippen molar-refractivity contribution >= 4 is 0 Å². The van der Waals surface area contributed by atoms with Gasteiger partial charge in [-0.2, -0.15) is 13.2 Å². The highest BCUT2D eigenvalue weighted by atomic mass is 19.4. The molecule has 1 aliphatic rings. The van der Waals surface area contributed by atoms with Crippen molar-refractivity contribution in [3.63, 3.8) is 0 Å². The number of hydrogen-bond donors (Lipinski definition) is 2. The monoisotopic (exact) mass is 299 g/mol. The van der Waals surface area contributed by atoms with Crippen molar-refractivity contribution in [2.45, 2.75) is 19.3 Å². The molecule has 2 aromatic rings. The molecule has 8 heteroatoms. The van der Waals surface area contributed by atoms with Crippen LogP contribution < -0.4 is 10.9 Å². The van der Waals surface area contributed by atoms with Crippen LogP contribution in [0.2, 0.25) is 0 Å². The predicted molar refractivity (Wildman–Crippen MR) is 65.8 cm³/mol. The van der Waals surface area contributed by atoms with E-state index in [1.54, 1.807) is 0 Å². The largest absolute Gasteiger partial charge is 0.417 e. The maximum Gasteiger partial charge on any atom is 0.417 e. The number of alkyl halides is 3. The Balaban J connectivity index is 2.22. The summed E-state index contributed by atoms with van der Waals surface area (Å²) in [5.74, 6) is -1.22. The summed E-state index contributed by atoms with van der Waals surface area (Å²) < 4.78 is 52.1. The second-order valence-corrected chi connectivity index (χ2v) is 4.63. The molecule has 21 heavy (non-hydrogen) atoms. The van der Waals surface area contributed by atoms with Crippen molar-refractivity contribution in [1.29, 1.82) is 0 Å². The highest BCUT2D eigenvalue weighted by Gasteiger charge is 2.35. The molecular weight excluding hydrogens is 290 g/mol. The lowest BCUT2D eigenvalue weighted by molar-refractivity contribution is -0.137. The normalized spacial score (nSPS) is 14.3. The fourth-order valence-electron chi connectivity index (χ4n) is 2.26. The zero-order chi connectivity index (χ0) is 15.2. The van der Waals surface area contributed by atoms with Gasteiger partial charge in [0, 0.05) is 18.7 Å². The minimum Gasteiger partial charge on any atom is -0.307 e. The van der Waals surface area contributed by atoms with Crippen LogP contribution in [0.15, 0.2) is 23.0 Å². The number of nitrogens with zero attached hydrogens (tertiary/aromatic N) is 1. The maximum atomic E-state index is 13.1. The lowest BCUT2D eigenvalue weighted by Gasteiger charge is -2.12. The van der Waals surface area contributed by atoms with Crippen LogP contribution in [0.4, 0.5) is 17.6 Å². The summed E-state index contributed by atoms with van der Waals surface area (Å²) >= 11 is 0. The van der Waals surface area contributed by atoms with Crippen LogP contribution in [0, 0.1) is 5.82 Å². The second kappa shape index (κ2) is 4.66. The van der Waals surface area contributed by atoms with Crippen LogP contribution in [-0.2, 0) is 19.3 Å². The van der Waals surface area contributed by atoms with E-state index in [1.165, 1.54) is 0 Å². The number of nitrogens with one attached hydrogen (secondary N) is 2. The molecule has 0 aliphatic carbocycles. The molecule has 1 aromatic carbocycles. The first-order valence-electron chi connectivity index (χ1n) is 6.06. The lowest BCUT2D eigenvalue weighted by Crippen LogP contribution is -2.17. The molecule has 1 aromatic heterocycles. The molecular formula is C13H9F4N3O. The number of hydrogen-bond acceptors (Lipinski definition) is 3. The predicted octanol–water partition coefficient (Wildman–Crippen LogP) is 2.20. The molecule has 0 fully saturated rings. The van der Waals surface area contributed by atoms with Crippen LogP contribution in [0.5, 0.6) is 0 Å². The van der Waals surface area contributed by atoms with Crippen LogP contribution in [0.3, 0.4) is 0 Å². The Bertz CT molecular complexity index is 767. The third kappa shape index (κ3) is 2.42. The number of aromatic nitrogens is 2. The van der Waals surface area contributed by atoms with Gasteiger partial charge < -0.3 is 10.3 Å². The minimum atomic E-state index is -4.74. The van der Waals surface area contributed by atoms with Crippen molar-refractivity contribution in [3.05, 3.63) is 51.2 Å². The fraction of sp³-hybridized carbons (Fsp3) is 0.231. The molecule has 0 bridgehead atoms. The number of benzene rings is 1. The average molecular weight is 299 g/mol. The lowest BCUT2D eigenvalue weighted by atomic mass is 10.1. The summed E-state index contributed by atoms with van der Waals surface area (Å²) in [6.07, 6.45) is -4.74. The first kappa shape index (κ1) is 13.7. The fourth-order valence-corrected chi connectivity index (χ4v) is 2.26. The second-order valence-electron chi connectivity index (χ2n) is 4.63. The van der Waals surface area contributed by atoms with Gasteiger partial charge in [-0.05, 0) is 18.2 Å². The number of fused-ring (bicyclic) bond motifs is 1. The Kier molecular flexibility index (Phi) is 3.05. The van der Waals surface area contributed by atoms with E-state index in [2.05, 4.69) is 15.3 Å². The van der Waals surface area contributed by atoms with E-state index in [0.29, 0.717) is 30.4 Å². The van der Waals surface area contributed by atoms with E-state index >= 15 is 0 Å². The van der Waals surface area contributed by atoms with Gasteiger partial charge >= 0.3 is 6.18 Å². The third-order valence-electron chi connectivity index (χ3n) is 3.24. The molecule has 1 aliphatic heterocycles. The molecule has 110 valence electrons. The van der Waals surface area contributed by atoms with Crippen LogP contribution in [0.1, 0.15) is 16.8 Å². The van der Waals surface area contributed by atoms with Gasteiger partial charge in [0.25, 0.3) is 5.56 Å². The first-order chi connectivity index (χ1) is 9.86. The summed E-state index contributed by atoms with van der Waals surface area (Å²) in [6.45, 7) is 0.641. The van der Waals surface area contributed by atoms with Gasteiger partial charge in [0.05, 0.1) is 16.8 Å². The molecule has 0 unspecified atom stereocenters. The van der Waals surface area contributed by atoms with Crippen molar-refractivity contribution in [1.82, 2.24) is 15.3 Å². The summed E-state index contributed by atoms with van der Waals surface area (Å²) in [5.41, 5.74) is -1.19. The Hall–Kier alpha value is -2.22. The first-order valence-corrected chi connectivity index (χ1v) is 6.06. The number of aromatic amines is 1. The Morgan fingerprint density at radius 2 is 1.95 bits per heavy atom. The molecule has 2 heterocycles. The molecule has 2 N–H and O–H groups in total. The highest BCUT2D eigenvalue weighted by molar-refractivity contribution is 5.61. The molecule has 0 atom stereocenters. The van der Waals surface area contributed by atoms with Crippen LogP contribution in [0.25, 0.3) is 11.4 Å². The summed E-state index contributed by atoms with van der Waals surface area (Å²) in [4.78, 5) is 18.2. The van der Waals surface area contributed by atoms with Crippen LogP contribution in [-0.4, -0.2) is 9.97 Å². The molecule has 0 radical (unpaired) electrons. The van der Waals surface area contributed by atoms with E-state index < -0.39 is 23.1 Å². The molecule has 3 rings (SSSR count). The highest BCUT2D eigenvalue weighted by Crippen LogP contribution is 2.36. The average Bonchev–Trinajstić information content (AvgIpc) is 2.86. The van der Waals surface area contributed by atoms with E-state index in [-0.39, 0.29) is 11.4 Å². The van der Waals surface area contributed by atoms with Gasteiger partial charge in [0.2, 0.25) is 0 Å². The molecule has 0 saturated carbocycles. The number of H-pyrrole nitrogens is 1. The van der Waals surface area contributed by atoms with E-state index in [1.807, 2.05) is 0 Å². The molecule has 4 nitrogen and oxygen atoms in total. The van der Waals surface area contributed by atoms with Gasteiger partial charge in [0.1, 0.15) is 11.6 Å². The standard InChI is InChI=1S/C13H9F4N3O/c14-6-1-2-7(9(3-6)13(15,16)17)11-19-10-5-18-4-8(10)12(21)20-11/h1-3,18H,4-5H2,(H,19,20,21). The third-order valence-corrected chi connectivity index (χ3v) is 3.24. The van der Waals surface area contributed by atoms with Crippen molar-refractivity contribution in [2.75, 3.05) is 0 Å². The SMILES string of the molecule is O=c1[nH]c(-c2ccc(F)cc2C(F)(F)F)nc2c1CNC2. The van der Waals surface area contributed by atoms with Gasteiger partial charge in [-0.1, -0.05) is 0 Å². The van der Waals surface area contributed by atoms with E-state index in [4.69, 9.17) is 0 Å². The summed E-state index contributed by atoms with van der Waals surface area (Å²) in [5, 5.41) is 2.90. The van der Waals surface area contributed by atoms with Gasteiger partial charge in [-0.3, -0.25) is 4.79 Å². The topological polar surface area (TPSA) is 57.8 Å². The maximum absolute atomic E-state index is 13.1. The zero-order valence-corrected chi connectivity index (χ0v) is 10.5. The molecule has 0 amide bonds. The zero-order valence-electron chi connectivity index (χ0n) is 10.5. The van der Waals surface area contributed by atoms with Gasteiger partial charge in [0.15, 0.2) is 0 Å². The Morgan fingerprint density at radius 3 is 2.67 bits per heavy atom. The Morgan fingerprint density at radius 1 is 1.19 bits per heavy atom. The molecule has 0 spiro atoms. The summed E-state index contributed by atoms with van der Waals surface area (Å²) in [7, 11) is 0. The van der Waals surface area contributed by atoms with Crippen LogP contribution >= 0.6 is 0 Å². The smallest absolute Gasteiger partial charge is 0.307 e. The number of halogens is 4. The van der Waals surface area contributed by atoms with E-state index in [9.17, 15) is 22.4 Å². The number of rotatable bonds is 1. The minimum absolute atomic E-state index is 0.213.